The highest BCUT2D eigenvalue weighted by molar-refractivity contribution is 6.30. The van der Waals surface area contributed by atoms with Crippen LogP contribution in [0.2, 0.25) is 5.02 Å². The van der Waals surface area contributed by atoms with Crippen molar-refractivity contribution in [2.45, 2.75) is 39.5 Å². The normalized spacial score (nSPS) is 11.6. The molecule has 19 heavy (non-hydrogen) atoms. The third kappa shape index (κ3) is 7.39. The summed E-state index contributed by atoms with van der Waals surface area (Å²) in [7, 11) is 0. The van der Waals surface area contributed by atoms with Crippen LogP contribution in [-0.4, -0.2) is 24.5 Å². The second-order valence-electron chi connectivity index (χ2n) is 4.88. The Kier molecular flexibility index (Phi) is 8.61. The maximum Gasteiger partial charge on any atom is 0.0406 e. The number of hydrogen-bond acceptors (Lipinski definition) is 1. The quantitative estimate of drug-likeness (QED) is 0.578. The SMILES string of the molecule is CCCCN(CC)C/C=C/CCc1ccc(Cl)cc1. The van der Waals surface area contributed by atoms with E-state index in [0.717, 1.165) is 31.0 Å². The topological polar surface area (TPSA) is 3.24 Å². The lowest BCUT2D eigenvalue weighted by molar-refractivity contribution is 0.313. The zero-order valence-electron chi connectivity index (χ0n) is 12.2. The molecular formula is C17H26ClN. The number of hydrogen-bond donors (Lipinski definition) is 0. The van der Waals surface area contributed by atoms with Gasteiger partial charge in [-0.3, -0.25) is 4.90 Å². The predicted molar refractivity (Wildman–Crippen MR) is 85.9 cm³/mol. The summed E-state index contributed by atoms with van der Waals surface area (Å²) in [6.07, 6.45) is 9.36. The number of unbranched alkanes of at least 4 members (excludes halogenated alkanes) is 1. The molecular weight excluding hydrogens is 254 g/mol. The number of nitrogens with zero attached hydrogens (tertiary/aromatic N) is 1. The Bertz CT molecular complexity index is 356. The average molecular weight is 280 g/mol. The van der Waals surface area contributed by atoms with Crippen molar-refractivity contribution < 1.29 is 0 Å². The van der Waals surface area contributed by atoms with Crippen molar-refractivity contribution in [3.05, 3.63) is 47.0 Å². The molecule has 106 valence electrons. The van der Waals surface area contributed by atoms with Crippen LogP contribution in [0.1, 0.15) is 38.7 Å². The van der Waals surface area contributed by atoms with Crippen LogP contribution in [0.15, 0.2) is 36.4 Å². The number of allylic oxidation sites excluding steroid dienone is 1. The molecule has 1 nitrogen and oxygen atoms in total. The van der Waals surface area contributed by atoms with Crippen molar-refractivity contribution in [2.75, 3.05) is 19.6 Å². The van der Waals surface area contributed by atoms with E-state index in [-0.39, 0.29) is 0 Å². The molecule has 0 atom stereocenters. The van der Waals surface area contributed by atoms with Crippen LogP contribution >= 0.6 is 11.6 Å². The molecule has 0 aromatic heterocycles. The summed E-state index contributed by atoms with van der Waals surface area (Å²) in [6.45, 7) is 7.92. The maximum atomic E-state index is 5.87. The summed E-state index contributed by atoms with van der Waals surface area (Å²) in [5.41, 5.74) is 1.35. The molecule has 0 amide bonds. The minimum atomic E-state index is 0.814. The summed E-state index contributed by atoms with van der Waals surface area (Å²) in [6, 6.07) is 8.14. The van der Waals surface area contributed by atoms with Gasteiger partial charge in [0.1, 0.15) is 0 Å². The van der Waals surface area contributed by atoms with Crippen LogP contribution in [0.4, 0.5) is 0 Å². The van der Waals surface area contributed by atoms with Gasteiger partial charge in [-0.05, 0) is 50.0 Å². The van der Waals surface area contributed by atoms with Crippen molar-refractivity contribution >= 4 is 11.6 Å². The van der Waals surface area contributed by atoms with Crippen molar-refractivity contribution in [1.82, 2.24) is 4.90 Å². The van der Waals surface area contributed by atoms with E-state index in [2.05, 4.69) is 43.0 Å². The third-order valence-electron chi connectivity index (χ3n) is 3.32. The van der Waals surface area contributed by atoms with Crippen molar-refractivity contribution in [3.63, 3.8) is 0 Å². The van der Waals surface area contributed by atoms with Gasteiger partial charge < -0.3 is 0 Å². The fourth-order valence-corrected chi connectivity index (χ4v) is 2.13. The first-order valence-corrected chi connectivity index (χ1v) is 7.75. The molecule has 0 bridgehead atoms. The summed E-state index contributed by atoms with van der Waals surface area (Å²) in [4.78, 5) is 2.49. The summed E-state index contributed by atoms with van der Waals surface area (Å²) in [5, 5.41) is 0.814. The Balaban J connectivity index is 2.20. The van der Waals surface area contributed by atoms with Crippen LogP contribution in [0.25, 0.3) is 0 Å². The van der Waals surface area contributed by atoms with E-state index in [0.29, 0.717) is 0 Å². The first-order valence-electron chi connectivity index (χ1n) is 7.38. The highest BCUT2D eigenvalue weighted by Gasteiger charge is 1.97. The first-order chi connectivity index (χ1) is 9.26. The number of rotatable bonds is 9. The Morgan fingerprint density at radius 2 is 1.84 bits per heavy atom. The van der Waals surface area contributed by atoms with Crippen molar-refractivity contribution in [2.24, 2.45) is 0 Å². The van der Waals surface area contributed by atoms with Gasteiger partial charge in [0, 0.05) is 11.6 Å². The second kappa shape index (κ2) is 10.1. The lowest BCUT2D eigenvalue weighted by Gasteiger charge is -2.17. The second-order valence-corrected chi connectivity index (χ2v) is 5.32. The molecule has 1 rings (SSSR count). The Morgan fingerprint density at radius 3 is 2.47 bits per heavy atom. The third-order valence-corrected chi connectivity index (χ3v) is 3.57. The summed E-state index contributed by atoms with van der Waals surface area (Å²) >= 11 is 5.87. The molecule has 0 aliphatic heterocycles. The van der Waals surface area contributed by atoms with E-state index in [4.69, 9.17) is 11.6 Å². The molecule has 0 radical (unpaired) electrons. The smallest absolute Gasteiger partial charge is 0.0406 e. The average Bonchev–Trinajstić information content (AvgIpc) is 2.44. The van der Waals surface area contributed by atoms with E-state index in [1.165, 1.54) is 24.9 Å². The van der Waals surface area contributed by atoms with Crippen molar-refractivity contribution in [1.29, 1.82) is 0 Å². The molecule has 0 saturated heterocycles. The molecule has 0 heterocycles. The van der Waals surface area contributed by atoms with E-state index < -0.39 is 0 Å². The van der Waals surface area contributed by atoms with Crippen LogP contribution in [-0.2, 0) is 6.42 Å². The minimum Gasteiger partial charge on any atom is -0.300 e. The number of likely N-dealkylation sites (N-methyl/N-ethyl adjacent to an activating group) is 1. The number of benzene rings is 1. The maximum absolute atomic E-state index is 5.87. The van der Waals surface area contributed by atoms with Gasteiger partial charge in [-0.15, -0.1) is 0 Å². The monoisotopic (exact) mass is 279 g/mol. The molecule has 0 saturated carbocycles. The van der Waals surface area contributed by atoms with E-state index >= 15 is 0 Å². The van der Waals surface area contributed by atoms with Gasteiger partial charge in [-0.2, -0.15) is 0 Å². The molecule has 2 heteroatoms. The fraction of sp³-hybridized carbons (Fsp3) is 0.529. The van der Waals surface area contributed by atoms with Crippen molar-refractivity contribution in [3.8, 4) is 0 Å². The van der Waals surface area contributed by atoms with E-state index in [9.17, 15) is 0 Å². The molecule has 0 aliphatic carbocycles. The molecule has 1 aromatic rings. The minimum absolute atomic E-state index is 0.814. The Hall–Kier alpha value is -0.790. The van der Waals surface area contributed by atoms with Gasteiger partial charge in [0.15, 0.2) is 0 Å². The van der Waals surface area contributed by atoms with Crippen LogP contribution in [0.3, 0.4) is 0 Å². The number of halogens is 1. The lowest BCUT2D eigenvalue weighted by atomic mass is 10.1. The van der Waals surface area contributed by atoms with Gasteiger partial charge in [0.05, 0.1) is 0 Å². The van der Waals surface area contributed by atoms with Gasteiger partial charge in [-0.25, -0.2) is 0 Å². The number of aryl methyl sites for hydroxylation is 1. The van der Waals surface area contributed by atoms with Gasteiger partial charge >= 0.3 is 0 Å². The highest BCUT2D eigenvalue weighted by atomic mass is 35.5. The Morgan fingerprint density at radius 1 is 1.11 bits per heavy atom. The van der Waals surface area contributed by atoms with Crippen LogP contribution in [0, 0.1) is 0 Å². The van der Waals surface area contributed by atoms with Gasteiger partial charge in [0.2, 0.25) is 0 Å². The predicted octanol–water partition coefficient (Wildman–Crippen LogP) is 4.95. The van der Waals surface area contributed by atoms with Gasteiger partial charge in [-0.1, -0.05) is 56.2 Å². The zero-order chi connectivity index (χ0) is 13.9. The zero-order valence-corrected chi connectivity index (χ0v) is 13.0. The molecule has 0 spiro atoms. The molecule has 1 aromatic carbocycles. The van der Waals surface area contributed by atoms with Crippen LogP contribution < -0.4 is 0 Å². The van der Waals surface area contributed by atoms with E-state index in [1.54, 1.807) is 0 Å². The standard InChI is InChI=1S/C17H26ClN/c1-3-5-14-19(4-2)15-8-6-7-9-16-10-12-17(18)13-11-16/h6,8,10-13H,3-5,7,9,14-15H2,1-2H3/b8-6+. The molecule has 0 N–H and O–H groups in total. The first kappa shape index (κ1) is 16.3. The van der Waals surface area contributed by atoms with Crippen LogP contribution in [0.5, 0.6) is 0 Å². The summed E-state index contributed by atoms with van der Waals surface area (Å²) < 4.78 is 0. The largest absolute Gasteiger partial charge is 0.300 e. The Labute approximate surface area is 123 Å². The molecule has 0 unspecified atom stereocenters. The fourth-order valence-electron chi connectivity index (χ4n) is 2.00. The van der Waals surface area contributed by atoms with E-state index in [1.807, 2.05) is 12.1 Å². The highest BCUT2D eigenvalue weighted by Crippen LogP contribution is 2.11. The van der Waals surface area contributed by atoms with Gasteiger partial charge in [0.25, 0.3) is 0 Å². The molecule has 0 aliphatic rings. The lowest BCUT2D eigenvalue weighted by Crippen LogP contribution is -2.24. The molecule has 0 fully saturated rings. The summed E-state index contributed by atoms with van der Waals surface area (Å²) in [5.74, 6) is 0.